The molecule has 0 saturated carbocycles. The molecule has 1 aliphatic heterocycles. The average molecular weight is 447 g/mol. The summed E-state index contributed by atoms with van der Waals surface area (Å²) < 4.78 is 0. The molecule has 0 aromatic carbocycles. The zero-order valence-corrected chi connectivity index (χ0v) is 18.6. The first-order valence-electron chi connectivity index (χ1n) is 10.2. The fraction of sp³-hybridized carbons (Fsp3) is 0.789. The second-order valence-electron chi connectivity index (χ2n) is 7.53. The fourth-order valence-corrected chi connectivity index (χ4v) is 3.77. The van der Waals surface area contributed by atoms with E-state index in [2.05, 4.69) is 10.6 Å². The molecular weight excluding hydrogens is 412 g/mol. The second kappa shape index (κ2) is 12.8. The number of thioether (sulfide) groups is 1. The number of hydrogen-bond donors (Lipinski definition) is 5. The third-order valence-electron chi connectivity index (χ3n) is 5.38. The summed E-state index contributed by atoms with van der Waals surface area (Å²) in [6.45, 7) is 3.19. The molecule has 0 bridgehead atoms. The van der Waals surface area contributed by atoms with Crippen LogP contribution < -0.4 is 16.4 Å². The van der Waals surface area contributed by atoms with E-state index in [0.717, 1.165) is 5.75 Å². The molecule has 1 heterocycles. The standard InChI is InChI=1S/C19H34N4O6S/c1-4-11(2)15(19(28)29)22-16(25)13(10-24)21-17(26)14-6-5-8-23(14)18(27)12(20)7-9-30-3/h11-15,24H,4-10,20H2,1-3H3,(H,21,26)(H,22,25)(H,28,29). The Bertz CT molecular complexity index is 620. The maximum Gasteiger partial charge on any atom is 0.326 e. The molecular formula is C19H34N4O6S. The van der Waals surface area contributed by atoms with Crippen LogP contribution in [0.3, 0.4) is 0 Å². The van der Waals surface area contributed by atoms with Crippen LogP contribution in [-0.4, -0.2) is 88.1 Å². The van der Waals surface area contributed by atoms with Gasteiger partial charge in [0.25, 0.3) is 0 Å². The minimum absolute atomic E-state index is 0.311. The number of aliphatic carboxylic acids is 1. The zero-order valence-electron chi connectivity index (χ0n) is 17.8. The molecule has 1 fully saturated rings. The summed E-state index contributed by atoms with van der Waals surface area (Å²) in [5, 5.41) is 23.7. The Hall–Kier alpha value is -1.85. The molecule has 5 atom stereocenters. The number of aliphatic hydroxyl groups excluding tert-OH is 1. The number of carboxylic acid groups (broad SMARTS) is 1. The lowest BCUT2D eigenvalue weighted by atomic mass is 9.99. The van der Waals surface area contributed by atoms with Gasteiger partial charge in [0, 0.05) is 6.54 Å². The summed E-state index contributed by atoms with van der Waals surface area (Å²) in [5.74, 6) is -2.45. The van der Waals surface area contributed by atoms with Crippen molar-refractivity contribution < 1.29 is 29.4 Å². The number of aliphatic hydroxyl groups is 1. The molecule has 11 heteroatoms. The van der Waals surface area contributed by atoms with Crippen molar-refractivity contribution in [1.82, 2.24) is 15.5 Å². The van der Waals surface area contributed by atoms with E-state index in [1.165, 1.54) is 4.90 Å². The highest BCUT2D eigenvalue weighted by Crippen LogP contribution is 2.19. The average Bonchev–Trinajstić information content (AvgIpc) is 3.22. The van der Waals surface area contributed by atoms with Crippen LogP contribution in [0.15, 0.2) is 0 Å². The van der Waals surface area contributed by atoms with Crippen LogP contribution >= 0.6 is 11.8 Å². The summed E-state index contributed by atoms with van der Waals surface area (Å²) in [4.78, 5) is 50.6. The molecule has 0 aromatic heterocycles. The van der Waals surface area contributed by atoms with E-state index >= 15 is 0 Å². The number of hydrogen-bond acceptors (Lipinski definition) is 7. The summed E-state index contributed by atoms with van der Waals surface area (Å²) in [7, 11) is 0. The van der Waals surface area contributed by atoms with Crippen LogP contribution in [0.1, 0.15) is 39.5 Å². The van der Waals surface area contributed by atoms with Gasteiger partial charge >= 0.3 is 5.97 Å². The van der Waals surface area contributed by atoms with Crippen LogP contribution in [0.25, 0.3) is 0 Å². The van der Waals surface area contributed by atoms with Crippen molar-refractivity contribution in [3.8, 4) is 0 Å². The zero-order chi connectivity index (χ0) is 22.8. The topological polar surface area (TPSA) is 162 Å². The Labute approximate surface area is 181 Å². The molecule has 5 unspecified atom stereocenters. The van der Waals surface area contributed by atoms with Crippen molar-refractivity contribution in [2.75, 3.05) is 25.2 Å². The lowest BCUT2D eigenvalue weighted by Crippen LogP contribution is -2.58. The van der Waals surface area contributed by atoms with E-state index in [1.54, 1.807) is 25.6 Å². The van der Waals surface area contributed by atoms with Crippen molar-refractivity contribution in [2.24, 2.45) is 11.7 Å². The number of carbonyl (C=O) groups excluding carboxylic acids is 3. The number of nitrogens with zero attached hydrogens (tertiary/aromatic N) is 1. The Morgan fingerprint density at radius 2 is 1.93 bits per heavy atom. The number of likely N-dealkylation sites (tertiary alicyclic amines) is 1. The smallest absolute Gasteiger partial charge is 0.326 e. The predicted octanol–water partition coefficient (Wildman–Crippen LogP) is -0.850. The normalized spacial score (nSPS) is 20.2. The molecule has 3 amide bonds. The monoisotopic (exact) mass is 446 g/mol. The molecule has 1 rings (SSSR count). The van der Waals surface area contributed by atoms with Crippen molar-refractivity contribution in [1.29, 1.82) is 0 Å². The molecule has 0 spiro atoms. The number of carboxylic acids is 1. The van der Waals surface area contributed by atoms with E-state index in [0.29, 0.717) is 32.2 Å². The van der Waals surface area contributed by atoms with Gasteiger partial charge in [0.2, 0.25) is 17.7 Å². The highest BCUT2D eigenvalue weighted by Gasteiger charge is 2.38. The molecule has 0 aliphatic carbocycles. The van der Waals surface area contributed by atoms with Gasteiger partial charge in [-0.3, -0.25) is 14.4 Å². The van der Waals surface area contributed by atoms with Gasteiger partial charge in [0.05, 0.1) is 12.6 Å². The largest absolute Gasteiger partial charge is 0.480 e. The maximum atomic E-state index is 12.7. The molecule has 1 saturated heterocycles. The number of rotatable bonds is 12. The van der Waals surface area contributed by atoms with Crippen LogP contribution in [-0.2, 0) is 19.2 Å². The Morgan fingerprint density at radius 3 is 2.47 bits per heavy atom. The number of nitrogens with two attached hydrogens (primary N) is 1. The molecule has 30 heavy (non-hydrogen) atoms. The van der Waals surface area contributed by atoms with Crippen molar-refractivity contribution in [3.63, 3.8) is 0 Å². The van der Waals surface area contributed by atoms with Gasteiger partial charge in [0.1, 0.15) is 18.1 Å². The van der Waals surface area contributed by atoms with Crippen LogP contribution in [0.5, 0.6) is 0 Å². The molecule has 10 nitrogen and oxygen atoms in total. The molecule has 0 aromatic rings. The van der Waals surface area contributed by atoms with Crippen LogP contribution in [0, 0.1) is 5.92 Å². The van der Waals surface area contributed by atoms with E-state index in [-0.39, 0.29) is 11.8 Å². The molecule has 1 aliphatic rings. The molecule has 6 N–H and O–H groups in total. The van der Waals surface area contributed by atoms with Gasteiger partial charge in [-0.05, 0) is 37.2 Å². The van der Waals surface area contributed by atoms with Gasteiger partial charge in [-0.15, -0.1) is 0 Å². The van der Waals surface area contributed by atoms with Crippen molar-refractivity contribution in [3.05, 3.63) is 0 Å². The molecule has 0 radical (unpaired) electrons. The minimum Gasteiger partial charge on any atom is -0.480 e. The van der Waals surface area contributed by atoms with Gasteiger partial charge in [-0.2, -0.15) is 11.8 Å². The van der Waals surface area contributed by atoms with Gasteiger partial charge < -0.3 is 31.5 Å². The van der Waals surface area contributed by atoms with Crippen LogP contribution in [0.2, 0.25) is 0 Å². The van der Waals surface area contributed by atoms with E-state index in [9.17, 15) is 29.4 Å². The lowest BCUT2D eigenvalue weighted by Gasteiger charge is -2.28. The lowest BCUT2D eigenvalue weighted by molar-refractivity contribution is -0.144. The van der Waals surface area contributed by atoms with Crippen LogP contribution in [0.4, 0.5) is 0 Å². The summed E-state index contributed by atoms with van der Waals surface area (Å²) >= 11 is 1.58. The van der Waals surface area contributed by atoms with Gasteiger partial charge in [-0.25, -0.2) is 4.79 Å². The third-order valence-corrected chi connectivity index (χ3v) is 6.03. The highest BCUT2D eigenvalue weighted by atomic mass is 32.2. The van der Waals surface area contributed by atoms with E-state index in [4.69, 9.17) is 5.73 Å². The van der Waals surface area contributed by atoms with Crippen molar-refractivity contribution >= 4 is 35.5 Å². The first-order chi connectivity index (χ1) is 14.2. The Kier molecular flexibility index (Phi) is 11.1. The SMILES string of the molecule is CCC(C)C(NC(=O)C(CO)NC(=O)C1CCCN1C(=O)C(N)CCSC)C(=O)O. The second-order valence-corrected chi connectivity index (χ2v) is 8.52. The molecule has 172 valence electrons. The Balaban J connectivity index is 2.78. The number of carbonyl (C=O) groups is 4. The van der Waals surface area contributed by atoms with E-state index in [1.807, 2.05) is 6.26 Å². The van der Waals surface area contributed by atoms with E-state index < -0.39 is 48.6 Å². The quantitative estimate of drug-likeness (QED) is 0.259. The minimum atomic E-state index is -1.31. The number of nitrogens with one attached hydrogen (secondary N) is 2. The first-order valence-corrected chi connectivity index (χ1v) is 11.6. The van der Waals surface area contributed by atoms with Gasteiger partial charge in [0.15, 0.2) is 0 Å². The Morgan fingerprint density at radius 1 is 1.27 bits per heavy atom. The maximum absolute atomic E-state index is 12.7. The fourth-order valence-electron chi connectivity index (χ4n) is 3.28. The van der Waals surface area contributed by atoms with Crippen molar-refractivity contribution in [2.45, 2.75) is 63.7 Å². The first kappa shape index (κ1) is 26.2. The summed E-state index contributed by atoms with van der Waals surface area (Å²) in [5.41, 5.74) is 5.95. The third kappa shape index (κ3) is 7.13. The number of amides is 3. The summed E-state index contributed by atoms with van der Waals surface area (Å²) in [6.07, 6.45) is 4.00. The summed E-state index contributed by atoms with van der Waals surface area (Å²) in [6, 6.07) is -3.92. The predicted molar refractivity (Wildman–Crippen MR) is 114 cm³/mol. The highest BCUT2D eigenvalue weighted by molar-refractivity contribution is 7.98. The van der Waals surface area contributed by atoms with Gasteiger partial charge in [-0.1, -0.05) is 20.3 Å².